The van der Waals surface area contributed by atoms with E-state index in [1.54, 1.807) is 7.11 Å². The normalized spacial score (nSPS) is 25.2. The van der Waals surface area contributed by atoms with Crippen LogP contribution in [0, 0.1) is 0 Å². The van der Waals surface area contributed by atoms with Crippen molar-refractivity contribution in [2.75, 3.05) is 59.6 Å². The van der Waals surface area contributed by atoms with Gasteiger partial charge in [-0.05, 0) is 24.3 Å². The van der Waals surface area contributed by atoms with Crippen molar-refractivity contribution in [1.29, 1.82) is 0 Å². The van der Waals surface area contributed by atoms with Crippen molar-refractivity contribution in [2.45, 2.75) is 0 Å². The number of nitrogens with zero attached hydrogens (tertiary/aromatic N) is 6. The third-order valence-corrected chi connectivity index (χ3v) is 8.13. The van der Waals surface area contributed by atoms with Crippen LogP contribution in [0.1, 0.15) is 5.56 Å². The number of rotatable bonds is 4. The lowest BCUT2D eigenvalue weighted by Crippen LogP contribution is -2.41. The van der Waals surface area contributed by atoms with Crippen LogP contribution < -0.4 is 4.74 Å². The molecule has 8 nitrogen and oxygen atoms in total. The molecule has 3 fully saturated rings. The Balaban J connectivity index is 1.58. The standard InChI is InChI=1S/C17H23N6O2P/c1-24-15-4-2-14(3-5-15)16-18-17(21-10-12-25-13-11-21)20-26(19-16,22-6-7-22)23-8-9-23/h2-5H,6-13H2,1H3. The summed E-state index contributed by atoms with van der Waals surface area (Å²) >= 11 is 0. The van der Waals surface area contributed by atoms with Crippen molar-refractivity contribution >= 4 is 19.3 Å². The van der Waals surface area contributed by atoms with E-state index >= 15 is 0 Å². The summed E-state index contributed by atoms with van der Waals surface area (Å²) in [7, 11) is -0.361. The molecule has 9 heteroatoms. The largest absolute Gasteiger partial charge is 0.497 e. The maximum absolute atomic E-state index is 5.50. The van der Waals surface area contributed by atoms with E-state index in [0.29, 0.717) is 0 Å². The van der Waals surface area contributed by atoms with Gasteiger partial charge >= 0.3 is 0 Å². The molecule has 0 N–H and O–H groups in total. The van der Waals surface area contributed by atoms with Crippen molar-refractivity contribution in [3.8, 4) is 5.75 Å². The fraction of sp³-hybridized carbons (Fsp3) is 0.529. The summed E-state index contributed by atoms with van der Waals surface area (Å²) in [5, 5.41) is 0. The molecule has 5 rings (SSSR count). The van der Waals surface area contributed by atoms with Gasteiger partial charge in [0.1, 0.15) is 5.75 Å². The Morgan fingerprint density at radius 3 is 2.19 bits per heavy atom. The second-order valence-electron chi connectivity index (χ2n) is 6.71. The van der Waals surface area contributed by atoms with Crippen LogP contribution in [0.25, 0.3) is 0 Å². The monoisotopic (exact) mass is 374 g/mol. The van der Waals surface area contributed by atoms with Crippen molar-refractivity contribution in [1.82, 2.24) is 14.2 Å². The third kappa shape index (κ3) is 2.97. The highest BCUT2D eigenvalue weighted by Crippen LogP contribution is 2.65. The summed E-state index contributed by atoms with van der Waals surface area (Å²) in [4.78, 5) is 7.09. The number of hydrogen-bond donors (Lipinski definition) is 0. The van der Waals surface area contributed by atoms with Crippen LogP contribution in [0.2, 0.25) is 0 Å². The van der Waals surface area contributed by atoms with Crippen LogP contribution in [0.5, 0.6) is 5.75 Å². The van der Waals surface area contributed by atoms with Crippen molar-refractivity contribution < 1.29 is 9.47 Å². The highest BCUT2D eigenvalue weighted by molar-refractivity contribution is 7.61. The SMILES string of the molecule is COc1ccc(C2=NC(N3CCOCC3)=NP(N3CC3)(N3CC3)=N2)cc1. The molecule has 26 heavy (non-hydrogen) atoms. The van der Waals surface area contributed by atoms with Gasteiger partial charge in [-0.3, -0.25) is 0 Å². The molecule has 138 valence electrons. The van der Waals surface area contributed by atoms with Gasteiger partial charge in [-0.2, -0.15) is 14.5 Å². The summed E-state index contributed by atoms with van der Waals surface area (Å²) in [5.41, 5.74) is 1.01. The number of guanidine groups is 1. The summed E-state index contributed by atoms with van der Waals surface area (Å²) in [6.45, 7) is 7.40. The van der Waals surface area contributed by atoms with Crippen LogP contribution in [-0.4, -0.2) is 85.6 Å². The number of hydrogen-bond acceptors (Lipinski definition) is 8. The van der Waals surface area contributed by atoms with Crippen LogP contribution in [0.4, 0.5) is 0 Å². The highest BCUT2D eigenvalue weighted by Gasteiger charge is 2.48. The van der Waals surface area contributed by atoms with Gasteiger partial charge in [0.15, 0.2) is 5.84 Å². The predicted octanol–water partition coefficient (Wildman–Crippen LogP) is 1.72. The average Bonchev–Trinajstić information content (AvgIpc) is 3.60. The number of aliphatic imine (C=N–C) groups is 1. The molecule has 0 spiro atoms. The Hall–Kier alpha value is -1.73. The number of methoxy groups -OCH3 is 1. The molecule has 1 aromatic carbocycles. The van der Waals surface area contributed by atoms with Gasteiger partial charge in [-0.25, -0.2) is 9.34 Å². The topological polar surface area (TPSA) is 64.8 Å². The van der Waals surface area contributed by atoms with Crippen molar-refractivity contribution in [2.24, 2.45) is 14.5 Å². The van der Waals surface area contributed by atoms with Gasteiger partial charge < -0.3 is 14.4 Å². The minimum atomic E-state index is -2.04. The highest BCUT2D eigenvalue weighted by atomic mass is 31.2. The van der Waals surface area contributed by atoms with Gasteiger partial charge in [0, 0.05) is 44.8 Å². The summed E-state index contributed by atoms with van der Waals surface area (Å²) in [6, 6.07) is 7.98. The minimum absolute atomic E-state index is 0.725. The number of ether oxygens (including phenoxy) is 2. The second-order valence-corrected chi connectivity index (χ2v) is 9.31. The number of morpholine rings is 1. The first-order valence-electron chi connectivity index (χ1n) is 9.08. The van der Waals surface area contributed by atoms with E-state index in [1.165, 1.54) is 0 Å². The Bertz CT molecular complexity index is 791. The maximum Gasteiger partial charge on any atom is 0.230 e. The smallest absolute Gasteiger partial charge is 0.230 e. The molecular formula is C17H23N6O2P. The number of amidine groups is 1. The van der Waals surface area contributed by atoms with E-state index in [9.17, 15) is 0 Å². The van der Waals surface area contributed by atoms with E-state index in [2.05, 4.69) is 14.2 Å². The van der Waals surface area contributed by atoms with Crippen molar-refractivity contribution in [3.63, 3.8) is 0 Å². The average molecular weight is 374 g/mol. The lowest BCUT2D eigenvalue weighted by molar-refractivity contribution is 0.0676. The molecule has 4 aliphatic rings. The molecule has 1 aromatic rings. The van der Waals surface area contributed by atoms with Crippen molar-refractivity contribution in [3.05, 3.63) is 29.8 Å². The fourth-order valence-electron chi connectivity index (χ4n) is 3.23. The van der Waals surface area contributed by atoms with E-state index in [4.69, 9.17) is 24.0 Å². The summed E-state index contributed by atoms with van der Waals surface area (Å²) < 4.78 is 25.9. The first-order chi connectivity index (χ1) is 12.8. The lowest BCUT2D eigenvalue weighted by Gasteiger charge is -2.32. The van der Waals surface area contributed by atoms with E-state index < -0.39 is 7.51 Å². The van der Waals surface area contributed by atoms with Gasteiger partial charge in [0.2, 0.25) is 13.5 Å². The first kappa shape index (κ1) is 16.4. The predicted molar refractivity (Wildman–Crippen MR) is 102 cm³/mol. The first-order valence-corrected chi connectivity index (χ1v) is 10.7. The molecule has 0 radical (unpaired) electrons. The van der Waals surface area contributed by atoms with E-state index in [-0.39, 0.29) is 0 Å². The van der Waals surface area contributed by atoms with E-state index in [0.717, 1.165) is 75.6 Å². The second kappa shape index (κ2) is 6.46. The Labute approximate surface area is 153 Å². The zero-order valence-corrected chi connectivity index (χ0v) is 15.8. The van der Waals surface area contributed by atoms with Crippen LogP contribution in [0.3, 0.4) is 0 Å². The summed E-state index contributed by atoms with van der Waals surface area (Å²) in [5.74, 6) is 2.45. The molecule has 4 aliphatic heterocycles. The molecule has 0 atom stereocenters. The van der Waals surface area contributed by atoms with Crippen LogP contribution >= 0.6 is 7.51 Å². The third-order valence-electron chi connectivity index (χ3n) is 4.91. The van der Waals surface area contributed by atoms with Gasteiger partial charge in [-0.15, -0.1) is 0 Å². The lowest BCUT2D eigenvalue weighted by atomic mass is 10.2. The molecule has 0 amide bonds. The van der Waals surface area contributed by atoms with E-state index in [1.807, 2.05) is 24.3 Å². The van der Waals surface area contributed by atoms with Crippen LogP contribution in [-0.2, 0) is 4.74 Å². The fourth-order valence-corrected chi connectivity index (χ4v) is 6.21. The maximum atomic E-state index is 5.50. The molecular weight excluding hydrogens is 351 g/mol. The molecule has 0 aromatic heterocycles. The quantitative estimate of drug-likeness (QED) is 0.593. The number of benzene rings is 1. The summed E-state index contributed by atoms with van der Waals surface area (Å²) in [6.07, 6.45) is 0. The van der Waals surface area contributed by atoms with Crippen LogP contribution in [0.15, 0.2) is 38.8 Å². The molecule has 0 saturated carbocycles. The molecule has 0 unspecified atom stereocenters. The minimum Gasteiger partial charge on any atom is -0.497 e. The zero-order chi connectivity index (χ0) is 17.6. The molecule has 0 bridgehead atoms. The Kier molecular flexibility index (Phi) is 4.09. The molecule has 4 heterocycles. The Morgan fingerprint density at radius 2 is 1.62 bits per heavy atom. The molecule has 3 saturated heterocycles. The van der Waals surface area contributed by atoms with Gasteiger partial charge in [0.25, 0.3) is 0 Å². The van der Waals surface area contributed by atoms with Gasteiger partial charge in [0.05, 0.1) is 20.3 Å². The Morgan fingerprint density at radius 1 is 0.962 bits per heavy atom. The van der Waals surface area contributed by atoms with Gasteiger partial charge in [-0.1, -0.05) is 0 Å². The molecule has 0 aliphatic carbocycles. The zero-order valence-electron chi connectivity index (χ0n) is 14.9.